The maximum absolute atomic E-state index is 6.23. The molecule has 3 atom stereocenters. The summed E-state index contributed by atoms with van der Waals surface area (Å²) < 4.78 is 23.7. The van der Waals surface area contributed by atoms with E-state index in [1.54, 1.807) is 0 Å². The normalized spacial score (nSPS) is 19.8. The molecule has 0 N–H and O–H groups in total. The van der Waals surface area contributed by atoms with Crippen molar-refractivity contribution in [2.45, 2.75) is 104 Å². The first-order valence-corrected chi connectivity index (χ1v) is 10.6. The van der Waals surface area contributed by atoms with Crippen molar-refractivity contribution in [1.29, 1.82) is 0 Å². The Morgan fingerprint density at radius 1 is 0.960 bits per heavy atom. The molecule has 0 aromatic heterocycles. The lowest BCUT2D eigenvalue weighted by Crippen LogP contribution is -2.47. The smallest absolute Gasteiger partial charge is 0.170 e. The van der Waals surface area contributed by atoms with Crippen molar-refractivity contribution in [3.05, 3.63) is 0 Å². The molecule has 4 nitrogen and oxygen atoms in total. The summed E-state index contributed by atoms with van der Waals surface area (Å²) in [6.07, 6.45) is 10.3. The highest BCUT2D eigenvalue weighted by atomic mass is 16.7. The van der Waals surface area contributed by atoms with Gasteiger partial charge in [0, 0.05) is 19.1 Å². The molecule has 1 aliphatic heterocycles. The molecule has 0 amide bonds. The van der Waals surface area contributed by atoms with E-state index in [1.165, 1.54) is 38.5 Å². The molecular formula is C21H42O4. The largest absolute Gasteiger partial charge is 0.375 e. The van der Waals surface area contributed by atoms with Crippen molar-refractivity contribution in [3.8, 4) is 0 Å². The summed E-state index contributed by atoms with van der Waals surface area (Å²) in [6, 6.07) is 0. The Bertz CT molecular complexity index is 311. The number of unbranched alkanes of at least 4 members (excludes halogenated alkanes) is 5. The zero-order chi connectivity index (χ0) is 18.5. The lowest BCUT2D eigenvalue weighted by Gasteiger charge is -2.41. The molecule has 1 rings (SSSR count). The van der Waals surface area contributed by atoms with Crippen LogP contribution < -0.4 is 0 Å². The first kappa shape index (κ1) is 22.9. The van der Waals surface area contributed by atoms with Crippen LogP contribution in [0, 0.1) is 5.92 Å². The third kappa shape index (κ3) is 8.85. The van der Waals surface area contributed by atoms with Gasteiger partial charge in [-0.2, -0.15) is 0 Å². The molecule has 1 aliphatic rings. The number of rotatable bonds is 17. The second kappa shape index (κ2) is 13.1. The van der Waals surface area contributed by atoms with Gasteiger partial charge in [-0.1, -0.05) is 52.4 Å². The van der Waals surface area contributed by atoms with Gasteiger partial charge in [0.15, 0.2) is 5.79 Å². The van der Waals surface area contributed by atoms with E-state index < -0.39 is 5.79 Å². The third-order valence-corrected chi connectivity index (χ3v) is 5.15. The van der Waals surface area contributed by atoms with Gasteiger partial charge in [-0.05, 0) is 33.6 Å². The quantitative estimate of drug-likeness (QED) is 0.200. The first-order chi connectivity index (χ1) is 12.1. The molecule has 4 heteroatoms. The van der Waals surface area contributed by atoms with E-state index in [0.717, 1.165) is 19.4 Å². The van der Waals surface area contributed by atoms with Crippen molar-refractivity contribution in [2.24, 2.45) is 5.92 Å². The van der Waals surface area contributed by atoms with E-state index in [-0.39, 0.29) is 12.0 Å². The molecule has 25 heavy (non-hydrogen) atoms. The van der Waals surface area contributed by atoms with Crippen LogP contribution in [0.4, 0.5) is 0 Å². The average Bonchev–Trinajstić information content (AvgIpc) is 3.41. The zero-order valence-electron chi connectivity index (χ0n) is 17.4. The summed E-state index contributed by atoms with van der Waals surface area (Å²) in [5, 5.41) is 0. The lowest BCUT2D eigenvalue weighted by molar-refractivity contribution is -0.272. The highest BCUT2D eigenvalue weighted by molar-refractivity contribution is 4.83. The maximum Gasteiger partial charge on any atom is 0.170 e. The van der Waals surface area contributed by atoms with Crippen molar-refractivity contribution in [1.82, 2.24) is 0 Å². The standard InChI is InChI=1S/C21H42O4/c1-6-10-11-12-13-14-15-19(21(5,24-8-3)25-9-4)20(7-2)23-17-18-16-22-18/h18-20H,6-17H2,1-5H3. The van der Waals surface area contributed by atoms with Crippen LogP contribution in [0.15, 0.2) is 0 Å². The molecule has 0 radical (unpaired) electrons. The van der Waals surface area contributed by atoms with Crippen LogP contribution in [0.2, 0.25) is 0 Å². The minimum absolute atomic E-state index is 0.156. The molecular weight excluding hydrogens is 316 g/mol. The molecule has 1 fully saturated rings. The monoisotopic (exact) mass is 358 g/mol. The minimum Gasteiger partial charge on any atom is -0.375 e. The molecule has 1 saturated heterocycles. The minimum atomic E-state index is -0.571. The van der Waals surface area contributed by atoms with Gasteiger partial charge < -0.3 is 18.9 Å². The number of hydrogen-bond acceptors (Lipinski definition) is 4. The van der Waals surface area contributed by atoms with Gasteiger partial charge in [-0.3, -0.25) is 0 Å². The molecule has 150 valence electrons. The predicted octanol–water partition coefficient (Wildman–Crippen LogP) is 5.34. The van der Waals surface area contributed by atoms with Crippen LogP contribution >= 0.6 is 0 Å². The Morgan fingerprint density at radius 2 is 1.56 bits per heavy atom. The van der Waals surface area contributed by atoms with E-state index in [1.807, 2.05) is 13.8 Å². The van der Waals surface area contributed by atoms with Crippen molar-refractivity contribution in [3.63, 3.8) is 0 Å². The van der Waals surface area contributed by atoms with Crippen molar-refractivity contribution >= 4 is 0 Å². The fourth-order valence-corrected chi connectivity index (χ4v) is 3.67. The second-order valence-electron chi connectivity index (χ2n) is 7.28. The molecule has 0 saturated carbocycles. The van der Waals surface area contributed by atoms with Gasteiger partial charge in [-0.25, -0.2) is 0 Å². The second-order valence-corrected chi connectivity index (χ2v) is 7.28. The van der Waals surface area contributed by atoms with Crippen LogP contribution in [-0.4, -0.2) is 44.4 Å². The molecule has 1 heterocycles. The van der Waals surface area contributed by atoms with Gasteiger partial charge in [0.2, 0.25) is 0 Å². The summed E-state index contributed by atoms with van der Waals surface area (Å²) in [5.41, 5.74) is 0. The molecule has 0 aliphatic carbocycles. The summed E-state index contributed by atoms with van der Waals surface area (Å²) in [5.74, 6) is -0.319. The first-order valence-electron chi connectivity index (χ1n) is 10.6. The van der Waals surface area contributed by atoms with Crippen molar-refractivity contribution in [2.75, 3.05) is 26.4 Å². The highest BCUT2D eigenvalue weighted by Crippen LogP contribution is 2.34. The number of epoxide rings is 1. The Morgan fingerprint density at radius 3 is 2.08 bits per heavy atom. The van der Waals surface area contributed by atoms with E-state index >= 15 is 0 Å². The Kier molecular flexibility index (Phi) is 12.0. The van der Waals surface area contributed by atoms with Gasteiger partial charge >= 0.3 is 0 Å². The summed E-state index contributed by atoms with van der Waals surface area (Å²) in [4.78, 5) is 0. The summed E-state index contributed by atoms with van der Waals surface area (Å²) in [6.45, 7) is 13.5. The van der Waals surface area contributed by atoms with E-state index in [9.17, 15) is 0 Å². The lowest BCUT2D eigenvalue weighted by atomic mass is 9.86. The summed E-state index contributed by atoms with van der Waals surface area (Å²) >= 11 is 0. The van der Waals surface area contributed by atoms with E-state index in [2.05, 4.69) is 20.8 Å². The molecule has 0 aromatic carbocycles. The molecule has 0 bridgehead atoms. The molecule has 0 spiro atoms. The van der Waals surface area contributed by atoms with Gasteiger partial charge in [0.05, 0.1) is 19.3 Å². The van der Waals surface area contributed by atoms with Gasteiger partial charge in [-0.15, -0.1) is 0 Å². The molecule has 0 aromatic rings. The van der Waals surface area contributed by atoms with Crippen LogP contribution in [0.25, 0.3) is 0 Å². The highest BCUT2D eigenvalue weighted by Gasteiger charge is 2.41. The SMILES string of the molecule is CCCCCCCCC(C(CC)OCC1CO1)C(C)(OCC)OCC. The van der Waals surface area contributed by atoms with Gasteiger partial charge in [0.1, 0.15) is 6.10 Å². The number of ether oxygens (including phenoxy) is 4. The van der Waals surface area contributed by atoms with Crippen LogP contribution in [0.1, 0.15) is 86.0 Å². The number of hydrogen-bond donors (Lipinski definition) is 0. The average molecular weight is 359 g/mol. The molecule has 3 unspecified atom stereocenters. The summed E-state index contributed by atoms with van der Waals surface area (Å²) in [7, 11) is 0. The Labute approximate surface area is 155 Å². The van der Waals surface area contributed by atoms with Gasteiger partial charge in [0.25, 0.3) is 0 Å². The third-order valence-electron chi connectivity index (χ3n) is 5.15. The Balaban J connectivity index is 2.64. The Hall–Kier alpha value is -0.160. The fraction of sp³-hybridized carbons (Fsp3) is 1.00. The van der Waals surface area contributed by atoms with Crippen LogP contribution in [0.5, 0.6) is 0 Å². The maximum atomic E-state index is 6.23. The zero-order valence-corrected chi connectivity index (χ0v) is 17.4. The predicted molar refractivity (Wildman–Crippen MR) is 103 cm³/mol. The van der Waals surface area contributed by atoms with E-state index in [4.69, 9.17) is 18.9 Å². The topological polar surface area (TPSA) is 40.2 Å². The van der Waals surface area contributed by atoms with Crippen molar-refractivity contribution < 1.29 is 18.9 Å². The van der Waals surface area contributed by atoms with Crippen LogP contribution in [-0.2, 0) is 18.9 Å². The van der Waals surface area contributed by atoms with Crippen LogP contribution in [0.3, 0.4) is 0 Å². The fourth-order valence-electron chi connectivity index (χ4n) is 3.67. The van der Waals surface area contributed by atoms with E-state index in [0.29, 0.717) is 25.9 Å².